The number of hydrogen-bond acceptors (Lipinski definition) is 2. The zero-order chi connectivity index (χ0) is 14.3. The summed E-state index contributed by atoms with van der Waals surface area (Å²) in [4.78, 5) is 14.6. The fraction of sp³-hybridized carbons (Fsp3) is 0.312. The van der Waals surface area contributed by atoms with E-state index in [1.165, 1.54) is 5.56 Å². The number of carbonyl (C=O) groups is 1. The second kappa shape index (κ2) is 5.09. The molecule has 1 aromatic carbocycles. The lowest BCUT2D eigenvalue weighted by Gasteiger charge is -2.31. The minimum Gasteiger partial charge on any atom is -0.459 e. The van der Waals surface area contributed by atoms with E-state index >= 15 is 0 Å². The third kappa shape index (κ3) is 2.18. The predicted molar refractivity (Wildman–Crippen MR) is 82.3 cm³/mol. The molecule has 0 spiro atoms. The lowest BCUT2D eigenvalue weighted by atomic mass is 9.98. The van der Waals surface area contributed by atoms with Crippen LogP contribution in [0.15, 0.2) is 33.4 Å². The molecule has 0 atom stereocenters. The second-order valence-electron chi connectivity index (χ2n) is 5.22. The summed E-state index contributed by atoms with van der Waals surface area (Å²) in [5.41, 5.74) is 4.27. The van der Waals surface area contributed by atoms with Crippen molar-refractivity contribution >= 4 is 27.5 Å². The Morgan fingerprint density at radius 3 is 2.80 bits per heavy atom. The smallest absolute Gasteiger partial charge is 0.294 e. The Morgan fingerprint density at radius 1 is 1.30 bits per heavy atom. The van der Waals surface area contributed by atoms with Crippen LogP contribution in [0.5, 0.6) is 0 Å². The second-order valence-corrected chi connectivity index (χ2v) is 6.14. The molecule has 0 radical (unpaired) electrons. The largest absolute Gasteiger partial charge is 0.459 e. The summed E-state index contributed by atoms with van der Waals surface area (Å²) in [6.07, 6.45) is 3.56. The molecule has 1 amide bonds. The van der Waals surface area contributed by atoms with Crippen LogP contribution in [-0.4, -0.2) is 12.5 Å². The van der Waals surface area contributed by atoms with Gasteiger partial charge in [0.15, 0.2) is 5.76 Å². The van der Waals surface area contributed by atoms with Crippen molar-refractivity contribution in [3.05, 3.63) is 51.4 Å². The lowest BCUT2D eigenvalue weighted by Crippen LogP contribution is -2.36. The molecule has 4 heteroatoms. The molecule has 0 aliphatic carbocycles. The Morgan fingerprint density at radius 2 is 2.10 bits per heavy atom. The molecule has 3 nitrogen and oxygen atoms in total. The van der Waals surface area contributed by atoms with Crippen LogP contribution in [0.2, 0.25) is 0 Å². The molecule has 1 aliphatic rings. The highest BCUT2D eigenvalue weighted by molar-refractivity contribution is 9.10. The standard InChI is InChI=1S/C16H16BrNO2/c1-10-5-7-20-15(10)16(19)18-6-3-4-12-9-13(17)8-11(2)14(12)18/h5,7-9H,3-4,6H2,1-2H3. The van der Waals surface area contributed by atoms with Gasteiger partial charge in [0.05, 0.1) is 12.0 Å². The quantitative estimate of drug-likeness (QED) is 0.781. The summed E-state index contributed by atoms with van der Waals surface area (Å²) >= 11 is 3.53. The fourth-order valence-electron chi connectivity index (χ4n) is 2.84. The molecule has 1 aliphatic heterocycles. The summed E-state index contributed by atoms with van der Waals surface area (Å²) < 4.78 is 6.42. The number of benzene rings is 1. The normalized spacial score (nSPS) is 14.2. The molecule has 2 heterocycles. The molecule has 2 aromatic rings. The Kier molecular flexibility index (Phi) is 3.42. The number of rotatable bonds is 1. The summed E-state index contributed by atoms with van der Waals surface area (Å²) in [7, 11) is 0. The first-order valence-electron chi connectivity index (χ1n) is 6.73. The van der Waals surface area contributed by atoms with Crippen LogP contribution in [0, 0.1) is 13.8 Å². The van der Waals surface area contributed by atoms with Gasteiger partial charge in [0, 0.05) is 16.6 Å². The Bertz CT molecular complexity index is 675. The lowest BCUT2D eigenvalue weighted by molar-refractivity contribution is 0.0957. The number of anilines is 1. The van der Waals surface area contributed by atoms with Crippen LogP contribution in [0.4, 0.5) is 5.69 Å². The van der Waals surface area contributed by atoms with E-state index in [4.69, 9.17) is 4.42 Å². The molecule has 1 aromatic heterocycles. The third-order valence-corrected chi connectivity index (χ3v) is 4.20. The Balaban J connectivity index is 2.06. The topological polar surface area (TPSA) is 33.5 Å². The van der Waals surface area contributed by atoms with Gasteiger partial charge in [-0.05, 0) is 56.0 Å². The van der Waals surface area contributed by atoms with Gasteiger partial charge < -0.3 is 9.32 Å². The van der Waals surface area contributed by atoms with Crippen LogP contribution in [0.25, 0.3) is 0 Å². The maximum atomic E-state index is 12.7. The van der Waals surface area contributed by atoms with E-state index in [9.17, 15) is 4.79 Å². The van der Waals surface area contributed by atoms with Crippen molar-refractivity contribution in [3.8, 4) is 0 Å². The number of carbonyl (C=O) groups excluding carboxylic acids is 1. The summed E-state index contributed by atoms with van der Waals surface area (Å²) in [6.45, 7) is 4.69. The summed E-state index contributed by atoms with van der Waals surface area (Å²) in [6, 6.07) is 5.99. The van der Waals surface area contributed by atoms with E-state index in [0.717, 1.165) is 40.7 Å². The van der Waals surface area contributed by atoms with Crippen LogP contribution < -0.4 is 4.90 Å². The van der Waals surface area contributed by atoms with Crippen LogP contribution >= 0.6 is 15.9 Å². The molecule has 0 N–H and O–H groups in total. The number of nitrogens with zero attached hydrogens (tertiary/aromatic N) is 1. The molecule has 0 unspecified atom stereocenters. The number of aryl methyl sites for hydroxylation is 3. The van der Waals surface area contributed by atoms with E-state index in [2.05, 4.69) is 28.1 Å². The fourth-order valence-corrected chi connectivity index (χ4v) is 3.46. The average molecular weight is 334 g/mol. The van der Waals surface area contributed by atoms with Gasteiger partial charge >= 0.3 is 0 Å². The Labute approximate surface area is 126 Å². The van der Waals surface area contributed by atoms with Gasteiger partial charge in [0.1, 0.15) is 0 Å². The first-order valence-corrected chi connectivity index (χ1v) is 7.52. The van der Waals surface area contributed by atoms with E-state index in [1.54, 1.807) is 6.26 Å². The molecular formula is C16H16BrNO2. The van der Waals surface area contributed by atoms with Gasteiger partial charge in [-0.1, -0.05) is 15.9 Å². The molecule has 0 fully saturated rings. The first kappa shape index (κ1) is 13.4. The van der Waals surface area contributed by atoms with E-state index in [1.807, 2.05) is 24.8 Å². The number of halogens is 1. The molecule has 20 heavy (non-hydrogen) atoms. The minimum atomic E-state index is -0.0427. The first-order chi connectivity index (χ1) is 9.58. The van der Waals surface area contributed by atoms with Crippen molar-refractivity contribution in [1.29, 1.82) is 0 Å². The number of furan rings is 1. The maximum Gasteiger partial charge on any atom is 0.294 e. The summed E-state index contributed by atoms with van der Waals surface area (Å²) in [5.74, 6) is 0.402. The highest BCUT2D eigenvalue weighted by Gasteiger charge is 2.28. The molecule has 3 rings (SSSR count). The molecule has 0 saturated carbocycles. The molecular weight excluding hydrogens is 318 g/mol. The van der Waals surface area contributed by atoms with Gasteiger partial charge in [-0.15, -0.1) is 0 Å². The number of fused-ring (bicyclic) bond motifs is 1. The molecule has 104 valence electrons. The van der Waals surface area contributed by atoms with Crippen molar-refractivity contribution in [1.82, 2.24) is 0 Å². The van der Waals surface area contributed by atoms with Gasteiger partial charge in [-0.3, -0.25) is 4.79 Å². The van der Waals surface area contributed by atoms with Crippen LogP contribution in [0.1, 0.15) is 33.7 Å². The van der Waals surface area contributed by atoms with Gasteiger partial charge in [0.2, 0.25) is 0 Å². The minimum absolute atomic E-state index is 0.0427. The predicted octanol–water partition coefficient (Wildman–Crippen LogP) is 4.25. The van der Waals surface area contributed by atoms with Crippen molar-refractivity contribution in [2.24, 2.45) is 0 Å². The zero-order valence-electron chi connectivity index (χ0n) is 11.6. The van der Waals surface area contributed by atoms with Crippen molar-refractivity contribution in [2.75, 3.05) is 11.4 Å². The number of amides is 1. The Hall–Kier alpha value is -1.55. The summed E-state index contributed by atoms with van der Waals surface area (Å²) in [5, 5.41) is 0. The van der Waals surface area contributed by atoms with Crippen LogP contribution in [0.3, 0.4) is 0 Å². The van der Waals surface area contributed by atoms with E-state index in [-0.39, 0.29) is 5.91 Å². The maximum absolute atomic E-state index is 12.7. The van der Waals surface area contributed by atoms with Crippen molar-refractivity contribution in [3.63, 3.8) is 0 Å². The van der Waals surface area contributed by atoms with E-state index < -0.39 is 0 Å². The monoisotopic (exact) mass is 333 g/mol. The zero-order valence-corrected chi connectivity index (χ0v) is 13.2. The third-order valence-electron chi connectivity index (χ3n) is 3.74. The highest BCUT2D eigenvalue weighted by atomic mass is 79.9. The van der Waals surface area contributed by atoms with E-state index in [0.29, 0.717) is 5.76 Å². The highest BCUT2D eigenvalue weighted by Crippen LogP contribution is 2.34. The van der Waals surface area contributed by atoms with Crippen molar-refractivity contribution in [2.45, 2.75) is 26.7 Å². The van der Waals surface area contributed by atoms with Gasteiger partial charge in [0.25, 0.3) is 5.91 Å². The SMILES string of the molecule is Cc1ccoc1C(=O)N1CCCc2cc(Br)cc(C)c21. The molecule has 0 bridgehead atoms. The van der Waals surface area contributed by atoms with Gasteiger partial charge in [-0.25, -0.2) is 0 Å². The molecule has 0 saturated heterocycles. The van der Waals surface area contributed by atoms with Gasteiger partial charge in [-0.2, -0.15) is 0 Å². The number of hydrogen-bond donors (Lipinski definition) is 0. The van der Waals surface area contributed by atoms with Crippen LogP contribution in [-0.2, 0) is 6.42 Å². The average Bonchev–Trinajstić information content (AvgIpc) is 2.83. The van der Waals surface area contributed by atoms with Crippen molar-refractivity contribution < 1.29 is 9.21 Å².